The number of pyridine rings is 1. The van der Waals surface area contributed by atoms with E-state index in [0.717, 1.165) is 25.0 Å². The summed E-state index contributed by atoms with van der Waals surface area (Å²) in [6.07, 6.45) is 5.40. The molecule has 0 aliphatic heterocycles. The number of carbonyl (C=O) groups excluding carboxylic acids is 1. The number of anilines is 1. The molecule has 25 heavy (non-hydrogen) atoms. The maximum Gasteiger partial charge on any atom is 0.283 e. The topological polar surface area (TPSA) is 83.0 Å². The Labute approximate surface area is 144 Å². The van der Waals surface area contributed by atoms with Crippen LogP contribution in [0.15, 0.2) is 42.5 Å². The van der Waals surface area contributed by atoms with E-state index >= 15 is 0 Å². The van der Waals surface area contributed by atoms with Gasteiger partial charge in [0.25, 0.3) is 5.91 Å². The van der Waals surface area contributed by atoms with Gasteiger partial charge in [-0.25, -0.2) is 4.98 Å². The number of benzene rings is 1. The summed E-state index contributed by atoms with van der Waals surface area (Å²) >= 11 is 0. The van der Waals surface area contributed by atoms with Crippen molar-refractivity contribution >= 4 is 28.3 Å². The smallest absolute Gasteiger partial charge is 0.283 e. The van der Waals surface area contributed by atoms with Gasteiger partial charge in [-0.2, -0.15) is 4.68 Å². The first-order valence-electron chi connectivity index (χ1n) is 8.21. The molecule has 3 aromatic rings. The number of carbonyl (C=O) groups is 1. The number of hydrogen-bond donors (Lipinski definition) is 1. The lowest BCUT2D eigenvalue weighted by Gasteiger charge is -2.08. The second-order valence-corrected chi connectivity index (χ2v) is 5.99. The third kappa shape index (κ3) is 2.55. The molecule has 6 nitrogen and oxygen atoms in total. The van der Waals surface area contributed by atoms with Crippen molar-refractivity contribution < 1.29 is 9.53 Å². The van der Waals surface area contributed by atoms with Crippen molar-refractivity contribution in [3.8, 4) is 5.75 Å². The number of hydrogen-bond acceptors (Lipinski definition) is 5. The van der Waals surface area contributed by atoms with Gasteiger partial charge in [0.05, 0.1) is 23.8 Å². The van der Waals surface area contributed by atoms with E-state index in [1.54, 1.807) is 18.2 Å². The number of para-hydroxylation sites is 1. The predicted octanol–water partition coefficient (Wildman–Crippen LogP) is 3.28. The Hall–Kier alpha value is -3.15. The van der Waals surface area contributed by atoms with Gasteiger partial charge in [-0.1, -0.05) is 18.2 Å². The van der Waals surface area contributed by atoms with Crippen LogP contribution in [0.3, 0.4) is 0 Å². The van der Waals surface area contributed by atoms with Gasteiger partial charge in [-0.15, -0.1) is 5.10 Å². The molecule has 0 bridgehead atoms. The van der Waals surface area contributed by atoms with E-state index in [1.807, 2.05) is 18.2 Å². The summed E-state index contributed by atoms with van der Waals surface area (Å²) in [6.45, 7) is 0. The van der Waals surface area contributed by atoms with Crippen molar-refractivity contribution in [2.24, 2.45) is 0 Å². The summed E-state index contributed by atoms with van der Waals surface area (Å²) in [6, 6.07) is 10.9. The number of methoxy groups -OCH3 is 1. The van der Waals surface area contributed by atoms with Crippen LogP contribution in [0.4, 0.5) is 5.82 Å². The van der Waals surface area contributed by atoms with Crippen LogP contribution >= 0.6 is 0 Å². The molecule has 2 N–H and O–H groups in total. The van der Waals surface area contributed by atoms with Crippen LogP contribution in [0.1, 0.15) is 35.3 Å². The highest BCUT2D eigenvalue weighted by atomic mass is 16.5. The fourth-order valence-corrected chi connectivity index (χ4v) is 3.18. The number of aromatic nitrogens is 3. The average Bonchev–Trinajstić information content (AvgIpc) is 3.29. The van der Waals surface area contributed by atoms with Crippen LogP contribution in [0.5, 0.6) is 5.75 Å². The second-order valence-electron chi connectivity index (χ2n) is 5.99. The minimum atomic E-state index is -0.316. The summed E-state index contributed by atoms with van der Waals surface area (Å²) < 4.78 is 6.55. The number of ether oxygens (including phenoxy) is 1. The molecule has 0 unspecified atom stereocenters. The zero-order valence-electron chi connectivity index (χ0n) is 13.9. The van der Waals surface area contributed by atoms with Crippen LogP contribution in [0.2, 0.25) is 0 Å². The molecule has 4 rings (SSSR count). The van der Waals surface area contributed by atoms with Crippen molar-refractivity contribution in [3.63, 3.8) is 0 Å². The molecule has 0 radical (unpaired) electrons. The van der Waals surface area contributed by atoms with E-state index in [1.165, 1.54) is 17.4 Å². The van der Waals surface area contributed by atoms with E-state index in [2.05, 4.69) is 16.2 Å². The highest BCUT2D eigenvalue weighted by molar-refractivity contribution is 6.04. The van der Waals surface area contributed by atoms with Crippen molar-refractivity contribution in [2.75, 3.05) is 12.8 Å². The lowest BCUT2D eigenvalue weighted by molar-refractivity contribution is 0.0947. The lowest BCUT2D eigenvalue weighted by atomic mass is 10.1. The molecule has 0 saturated heterocycles. The van der Waals surface area contributed by atoms with Gasteiger partial charge >= 0.3 is 0 Å². The molecule has 126 valence electrons. The maximum atomic E-state index is 13.0. The monoisotopic (exact) mass is 334 g/mol. The lowest BCUT2D eigenvalue weighted by Crippen LogP contribution is -2.15. The van der Waals surface area contributed by atoms with Crippen molar-refractivity contribution in [1.82, 2.24) is 14.8 Å². The van der Waals surface area contributed by atoms with Crippen LogP contribution in [-0.2, 0) is 0 Å². The summed E-state index contributed by atoms with van der Waals surface area (Å²) in [5, 5.41) is 4.89. The van der Waals surface area contributed by atoms with Crippen LogP contribution in [0, 0.1) is 0 Å². The number of fused-ring (bicyclic) bond motifs is 1. The quantitative estimate of drug-likeness (QED) is 0.795. The molecule has 0 saturated carbocycles. The molecule has 2 aromatic heterocycles. The SMILES string of the molecule is COc1ccccc1C(=O)n1nc(N)c2ccc(C3=CCCC3)nc21. The second kappa shape index (κ2) is 6.05. The van der Waals surface area contributed by atoms with Crippen LogP contribution < -0.4 is 10.5 Å². The third-order valence-corrected chi connectivity index (χ3v) is 4.46. The van der Waals surface area contributed by atoms with Crippen LogP contribution in [0.25, 0.3) is 16.6 Å². The van der Waals surface area contributed by atoms with Crippen molar-refractivity contribution in [1.29, 1.82) is 0 Å². The van der Waals surface area contributed by atoms with Crippen molar-refractivity contribution in [3.05, 3.63) is 53.7 Å². The fraction of sp³-hybridized carbons (Fsp3) is 0.211. The summed E-state index contributed by atoms with van der Waals surface area (Å²) in [5.74, 6) is 0.464. The molecular formula is C19H18N4O2. The summed E-state index contributed by atoms with van der Waals surface area (Å²) in [4.78, 5) is 17.7. The molecule has 0 atom stereocenters. The molecule has 2 heterocycles. The number of nitrogens with zero attached hydrogens (tertiary/aromatic N) is 3. The summed E-state index contributed by atoms with van der Waals surface area (Å²) in [7, 11) is 1.53. The highest BCUT2D eigenvalue weighted by Gasteiger charge is 2.21. The number of rotatable bonds is 3. The Morgan fingerprint density at radius 2 is 2.08 bits per heavy atom. The zero-order valence-corrected chi connectivity index (χ0v) is 13.9. The first kappa shape index (κ1) is 15.4. The van der Waals surface area contributed by atoms with Gasteiger partial charge in [-0.3, -0.25) is 4.79 Å². The van der Waals surface area contributed by atoms with E-state index in [4.69, 9.17) is 10.5 Å². The minimum absolute atomic E-state index is 0.290. The average molecular weight is 334 g/mol. The third-order valence-electron chi connectivity index (χ3n) is 4.46. The number of nitrogen functional groups attached to an aromatic ring is 1. The fourth-order valence-electron chi connectivity index (χ4n) is 3.18. The molecule has 1 aromatic carbocycles. The molecule has 0 amide bonds. The predicted molar refractivity (Wildman–Crippen MR) is 96.5 cm³/mol. The van der Waals surface area contributed by atoms with Gasteiger partial charge in [0.15, 0.2) is 11.5 Å². The Bertz CT molecular complexity index is 1000. The molecule has 1 aliphatic rings. The molecule has 6 heteroatoms. The first-order chi connectivity index (χ1) is 12.2. The standard InChI is InChI=1S/C19H18N4O2/c1-25-16-9-5-4-8-13(16)19(24)23-18-14(17(20)22-23)10-11-15(21-18)12-6-2-3-7-12/h4-6,8-11H,2-3,7H2,1H3,(H2,20,22). The Balaban J connectivity index is 1.86. The Kier molecular flexibility index (Phi) is 3.72. The number of nitrogens with two attached hydrogens (primary N) is 1. The van der Waals surface area contributed by atoms with Gasteiger partial charge in [0, 0.05) is 0 Å². The van der Waals surface area contributed by atoms with Gasteiger partial charge < -0.3 is 10.5 Å². The van der Waals surface area contributed by atoms with Gasteiger partial charge in [0.2, 0.25) is 0 Å². The Morgan fingerprint density at radius 1 is 1.24 bits per heavy atom. The summed E-state index contributed by atoms with van der Waals surface area (Å²) in [5.41, 5.74) is 8.97. The zero-order chi connectivity index (χ0) is 17.4. The van der Waals surface area contributed by atoms with E-state index in [0.29, 0.717) is 22.3 Å². The molecular weight excluding hydrogens is 316 g/mol. The normalized spacial score (nSPS) is 13.9. The largest absolute Gasteiger partial charge is 0.496 e. The van der Waals surface area contributed by atoms with Gasteiger partial charge in [-0.05, 0) is 49.1 Å². The van der Waals surface area contributed by atoms with E-state index in [9.17, 15) is 4.79 Å². The molecule has 0 fully saturated rings. The molecule has 1 aliphatic carbocycles. The Morgan fingerprint density at radius 3 is 2.84 bits per heavy atom. The first-order valence-corrected chi connectivity index (χ1v) is 8.21. The van der Waals surface area contributed by atoms with Crippen LogP contribution in [-0.4, -0.2) is 27.8 Å². The van der Waals surface area contributed by atoms with Gasteiger partial charge in [0.1, 0.15) is 5.75 Å². The maximum absolute atomic E-state index is 13.0. The van der Waals surface area contributed by atoms with Crippen molar-refractivity contribution in [2.45, 2.75) is 19.3 Å². The molecule has 0 spiro atoms. The van der Waals surface area contributed by atoms with E-state index in [-0.39, 0.29) is 11.7 Å². The minimum Gasteiger partial charge on any atom is -0.496 e. The number of allylic oxidation sites excluding steroid dienone is 2. The van der Waals surface area contributed by atoms with E-state index < -0.39 is 0 Å². The highest BCUT2D eigenvalue weighted by Crippen LogP contribution is 2.29.